The first-order chi connectivity index (χ1) is 8.97. The molecule has 3 N–H and O–H groups in total. The predicted molar refractivity (Wildman–Crippen MR) is 65.7 cm³/mol. The van der Waals surface area contributed by atoms with Gasteiger partial charge in [-0.1, -0.05) is 0 Å². The van der Waals surface area contributed by atoms with Gasteiger partial charge in [0.25, 0.3) is 0 Å². The minimum Gasteiger partial charge on any atom is -0.396 e. The van der Waals surface area contributed by atoms with Crippen molar-refractivity contribution in [1.82, 2.24) is 4.98 Å². The number of pyridine rings is 1. The highest BCUT2D eigenvalue weighted by molar-refractivity contribution is 5.65. The van der Waals surface area contributed by atoms with Gasteiger partial charge in [-0.25, -0.2) is 4.98 Å². The Kier molecular flexibility index (Phi) is 4.14. The Morgan fingerprint density at radius 1 is 1.42 bits per heavy atom. The van der Waals surface area contributed by atoms with Crippen LogP contribution in [0.4, 0.5) is 24.5 Å². The smallest absolute Gasteiger partial charge is 0.396 e. The second-order valence-corrected chi connectivity index (χ2v) is 4.52. The lowest BCUT2D eigenvalue weighted by molar-refractivity contribution is -0.141. The van der Waals surface area contributed by atoms with Crippen LogP contribution in [0.15, 0.2) is 12.3 Å². The van der Waals surface area contributed by atoms with Crippen LogP contribution < -0.4 is 11.1 Å². The number of aromatic nitrogens is 1. The topological polar surface area (TPSA) is 60.2 Å². The summed E-state index contributed by atoms with van der Waals surface area (Å²) in [5.41, 5.74) is 5.11. The Hall–Kier alpha value is -1.50. The molecule has 1 aliphatic rings. The molecule has 0 aromatic carbocycles. The van der Waals surface area contributed by atoms with Crippen LogP contribution in [0.25, 0.3) is 0 Å². The Morgan fingerprint density at radius 3 is 2.84 bits per heavy atom. The number of hydrogen-bond acceptors (Lipinski definition) is 4. The van der Waals surface area contributed by atoms with E-state index in [4.69, 9.17) is 10.5 Å². The summed E-state index contributed by atoms with van der Waals surface area (Å²) in [6, 6.07) is 0.929. The summed E-state index contributed by atoms with van der Waals surface area (Å²) in [5.74, 6) is 0. The van der Waals surface area contributed by atoms with Crippen LogP contribution in [0.2, 0.25) is 0 Å². The van der Waals surface area contributed by atoms with E-state index in [2.05, 4.69) is 10.3 Å². The molecular weight excluding hydrogens is 259 g/mol. The molecule has 1 unspecified atom stereocenters. The van der Waals surface area contributed by atoms with E-state index in [1.165, 1.54) is 0 Å². The normalized spacial score (nSPS) is 20.3. The predicted octanol–water partition coefficient (Wildman–Crippen LogP) is 2.66. The van der Waals surface area contributed by atoms with Crippen LogP contribution >= 0.6 is 0 Å². The third-order valence-electron chi connectivity index (χ3n) is 3.02. The van der Waals surface area contributed by atoms with E-state index in [1.807, 2.05) is 0 Å². The number of halogens is 3. The largest absolute Gasteiger partial charge is 0.433 e. The Labute approximate surface area is 109 Å². The van der Waals surface area contributed by atoms with E-state index in [0.717, 1.165) is 31.5 Å². The van der Waals surface area contributed by atoms with E-state index in [9.17, 15) is 13.2 Å². The summed E-state index contributed by atoms with van der Waals surface area (Å²) in [6.07, 6.45) is -0.406. The van der Waals surface area contributed by atoms with Gasteiger partial charge in [-0.3, -0.25) is 0 Å². The zero-order valence-corrected chi connectivity index (χ0v) is 10.3. The lowest BCUT2D eigenvalue weighted by Crippen LogP contribution is -2.27. The molecule has 0 saturated carbocycles. The van der Waals surface area contributed by atoms with Crippen LogP contribution in [0, 0.1) is 0 Å². The number of nitrogen functional groups attached to an aromatic ring is 1. The molecule has 0 radical (unpaired) electrons. The quantitative estimate of drug-likeness (QED) is 0.890. The molecule has 19 heavy (non-hydrogen) atoms. The fourth-order valence-corrected chi connectivity index (χ4v) is 1.97. The number of anilines is 2. The maximum absolute atomic E-state index is 12.5. The molecular formula is C12H16F3N3O. The number of alkyl halides is 3. The van der Waals surface area contributed by atoms with Gasteiger partial charge in [-0.05, 0) is 25.3 Å². The summed E-state index contributed by atoms with van der Waals surface area (Å²) in [5, 5.41) is 2.91. The Balaban J connectivity index is 2.02. The third-order valence-corrected chi connectivity index (χ3v) is 3.02. The van der Waals surface area contributed by atoms with Gasteiger partial charge >= 0.3 is 6.18 Å². The van der Waals surface area contributed by atoms with Gasteiger partial charge in [0, 0.05) is 13.2 Å². The highest BCUT2D eigenvalue weighted by Gasteiger charge is 2.33. The number of rotatable bonds is 3. The summed E-state index contributed by atoms with van der Waals surface area (Å²) in [4.78, 5) is 3.28. The molecule has 4 nitrogen and oxygen atoms in total. The van der Waals surface area contributed by atoms with Crippen LogP contribution in [0.5, 0.6) is 0 Å². The minimum absolute atomic E-state index is 0.0238. The van der Waals surface area contributed by atoms with Crippen molar-refractivity contribution in [2.45, 2.75) is 31.5 Å². The van der Waals surface area contributed by atoms with E-state index >= 15 is 0 Å². The highest BCUT2D eigenvalue weighted by atomic mass is 19.4. The van der Waals surface area contributed by atoms with Gasteiger partial charge in [-0.15, -0.1) is 0 Å². The molecule has 1 saturated heterocycles. The molecule has 1 atom stereocenters. The van der Waals surface area contributed by atoms with E-state index < -0.39 is 11.9 Å². The van der Waals surface area contributed by atoms with Gasteiger partial charge in [0.05, 0.1) is 23.7 Å². The molecule has 1 aliphatic heterocycles. The molecule has 2 heterocycles. The molecule has 0 spiro atoms. The zero-order valence-electron chi connectivity index (χ0n) is 10.3. The molecule has 1 aromatic heterocycles. The average molecular weight is 275 g/mol. The van der Waals surface area contributed by atoms with E-state index in [0.29, 0.717) is 13.2 Å². The van der Waals surface area contributed by atoms with Crippen molar-refractivity contribution in [3.8, 4) is 0 Å². The zero-order chi connectivity index (χ0) is 13.9. The minimum atomic E-state index is -4.47. The maximum atomic E-state index is 12.5. The first-order valence-corrected chi connectivity index (χ1v) is 6.15. The molecule has 0 aliphatic carbocycles. The second-order valence-electron chi connectivity index (χ2n) is 4.52. The van der Waals surface area contributed by atoms with Gasteiger partial charge in [0.15, 0.2) is 0 Å². The fraction of sp³-hybridized carbons (Fsp3) is 0.583. The van der Waals surface area contributed by atoms with Crippen LogP contribution in [-0.4, -0.2) is 24.2 Å². The van der Waals surface area contributed by atoms with Crippen molar-refractivity contribution >= 4 is 11.4 Å². The van der Waals surface area contributed by atoms with Gasteiger partial charge < -0.3 is 15.8 Å². The summed E-state index contributed by atoms with van der Waals surface area (Å²) < 4.78 is 43.1. The standard InChI is InChI=1S/C12H16F3N3O/c13-12(14,15)11-5-10(9(16)7-18-11)17-6-8-3-1-2-4-19-8/h5,7-8H,1-4,6,16H2,(H,17,18). The fourth-order valence-electron chi connectivity index (χ4n) is 1.97. The summed E-state index contributed by atoms with van der Waals surface area (Å²) in [6.45, 7) is 1.15. The van der Waals surface area contributed by atoms with Crippen LogP contribution in [0.1, 0.15) is 25.0 Å². The molecule has 2 rings (SSSR count). The van der Waals surface area contributed by atoms with Crippen molar-refractivity contribution in [3.63, 3.8) is 0 Å². The molecule has 0 bridgehead atoms. The number of hydrogen-bond donors (Lipinski definition) is 2. The number of nitrogens with zero attached hydrogens (tertiary/aromatic N) is 1. The Bertz CT molecular complexity index is 431. The number of ether oxygens (including phenoxy) is 1. The summed E-state index contributed by atoms with van der Waals surface area (Å²) >= 11 is 0. The SMILES string of the molecule is Nc1cnc(C(F)(F)F)cc1NCC1CCCCO1. The molecule has 1 fully saturated rings. The van der Waals surface area contributed by atoms with Crippen molar-refractivity contribution < 1.29 is 17.9 Å². The maximum Gasteiger partial charge on any atom is 0.433 e. The van der Waals surface area contributed by atoms with Crippen LogP contribution in [-0.2, 0) is 10.9 Å². The van der Waals surface area contributed by atoms with E-state index in [-0.39, 0.29) is 17.5 Å². The van der Waals surface area contributed by atoms with Crippen molar-refractivity contribution in [2.24, 2.45) is 0 Å². The number of nitrogens with one attached hydrogen (secondary N) is 1. The molecule has 7 heteroatoms. The highest BCUT2D eigenvalue weighted by Crippen LogP contribution is 2.31. The molecule has 0 amide bonds. The first-order valence-electron chi connectivity index (χ1n) is 6.15. The lowest BCUT2D eigenvalue weighted by atomic mass is 10.1. The van der Waals surface area contributed by atoms with Crippen molar-refractivity contribution in [1.29, 1.82) is 0 Å². The van der Waals surface area contributed by atoms with Crippen molar-refractivity contribution in [2.75, 3.05) is 24.2 Å². The monoisotopic (exact) mass is 275 g/mol. The van der Waals surface area contributed by atoms with Gasteiger partial charge in [-0.2, -0.15) is 13.2 Å². The van der Waals surface area contributed by atoms with Crippen molar-refractivity contribution in [3.05, 3.63) is 18.0 Å². The third kappa shape index (κ3) is 3.73. The lowest BCUT2D eigenvalue weighted by Gasteiger charge is -2.23. The first kappa shape index (κ1) is 13.9. The van der Waals surface area contributed by atoms with Gasteiger partial charge in [0.2, 0.25) is 0 Å². The molecule has 106 valence electrons. The van der Waals surface area contributed by atoms with E-state index in [1.54, 1.807) is 0 Å². The van der Waals surface area contributed by atoms with Gasteiger partial charge in [0.1, 0.15) is 5.69 Å². The van der Waals surface area contributed by atoms with Crippen LogP contribution in [0.3, 0.4) is 0 Å². The Morgan fingerprint density at radius 2 is 2.21 bits per heavy atom. The average Bonchev–Trinajstić information content (AvgIpc) is 2.37. The number of nitrogens with two attached hydrogens (primary N) is 1. The molecule has 1 aromatic rings. The second kappa shape index (κ2) is 5.64. The summed E-state index contributed by atoms with van der Waals surface area (Å²) in [7, 11) is 0.